The highest BCUT2D eigenvalue weighted by molar-refractivity contribution is 7.70. The molecule has 0 aromatic heterocycles. The number of ether oxygens (including phenoxy) is 1. The zero-order valence-electron chi connectivity index (χ0n) is 14.0. The largest absolute Gasteiger partial charge is 0.462 e. The standard InChI is InChI=1S/C14H28O8P2/c1-12(2)14(15)22-11-9-7-5-3-4-6-8-10-13(23(16,17)18)24(19,20)21/h13H,1,3-11H2,2H3,(H2,16,17,18)(H2,19,20,21). The van der Waals surface area contributed by atoms with Gasteiger partial charge in [0.1, 0.15) is 0 Å². The molecule has 0 amide bonds. The second kappa shape index (κ2) is 11.2. The van der Waals surface area contributed by atoms with Gasteiger partial charge in [-0.25, -0.2) is 4.79 Å². The molecule has 0 aromatic carbocycles. The molecule has 142 valence electrons. The van der Waals surface area contributed by atoms with E-state index in [2.05, 4.69) is 6.58 Å². The van der Waals surface area contributed by atoms with E-state index >= 15 is 0 Å². The lowest BCUT2D eigenvalue weighted by atomic mass is 10.1. The third-order valence-corrected chi connectivity index (χ3v) is 7.34. The summed E-state index contributed by atoms with van der Waals surface area (Å²) >= 11 is 0. The average Bonchev–Trinajstić information content (AvgIpc) is 2.41. The van der Waals surface area contributed by atoms with Gasteiger partial charge in [-0.2, -0.15) is 0 Å². The molecule has 0 bridgehead atoms. The first-order valence-corrected chi connectivity index (χ1v) is 11.3. The van der Waals surface area contributed by atoms with E-state index in [1.165, 1.54) is 0 Å². The Morgan fingerprint density at radius 3 is 1.75 bits per heavy atom. The van der Waals surface area contributed by atoms with Crippen LogP contribution in [0.4, 0.5) is 0 Å². The normalized spacial score (nSPS) is 12.4. The van der Waals surface area contributed by atoms with Crippen molar-refractivity contribution in [1.29, 1.82) is 0 Å². The van der Waals surface area contributed by atoms with Gasteiger partial charge in [0, 0.05) is 5.57 Å². The maximum atomic E-state index is 11.1. The van der Waals surface area contributed by atoms with Crippen molar-refractivity contribution in [3.05, 3.63) is 12.2 Å². The Morgan fingerprint density at radius 1 is 0.917 bits per heavy atom. The van der Waals surface area contributed by atoms with Gasteiger partial charge in [-0.05, 0) is 19.8 Å². The summed E-state index contributed by atoms with van der Waals surface area (Å²) in [5, 5.41) is -1.90. The molecule has 0 aliphatic carbocycles. The van der Waals surface area contributed by atoms with E-state index in [9.17, 15) is 13.9 Å². The van der Waals surface area contributed by atoms with E-state index in [-0.39, 0.29) is 12.4 Å². The van der Waals surface area contributed by atoms with Crippen LogP contribution in [0.25, 0.3) is 0 Å². The van der Waals surface area contributed by atoms with Crippen molar-refractivity contribution < 1.29 is 38.2 Å². The summed E-state index contributed by atoms with van der Waals surface area (Å²) in [6.45, 7) is 5.43. The van der Waals surface area contributed by atoms with Crippen molar-refractivity contribution in [2.75, 3.05) is 6.61 Å². The zero-order valence-corrected chi connectivity index (χ0v) is 15.8. The molecule has 0 atom stereocenters. The van der Waals surface area contributed by atoms with Gasteiger partial charge in [0.25, 0.3) is 0 Å². The molecule has 0 spiro atoms. The minimum atomic E-state index is -4.80. The van der Waals surface area contributed by atoms with Crippen LogP contribution in [-0.2, 0) is 18.7 Å². The fraction of sp³-hybridized carbons (Fsp3) is 0.786. The molecular weight excluding hydrogens is 358 g/mol. The van der Waals surface area contributed by atoms with Crippen molar-refractivity contribution >= 4 is 21.2 Å². The molecule has 0 heterocycles. The van der Waals surface area contributed by atoms with Crippen LogP contribution in [0.15, 0.2) is 12.2 Å². The van der Waals surface area contributed by atoms with E-state index in [0.717, 1.165) is 32.1 Å². The minimum absolute atomic E-state index is 0.189. The van der Waals surface area contributed by atoms with Crippen LogP contribution in [0.1, 0.15) is 58.3 Å². The van der Waals surface area contributed by atoms with Crippen molar-refractivity contribution in [1.82, 2.24) is 0 Å². The van der Waals surface area contributed by atoms with Crippen LogP contribution >= 0.6 is 15.2 Å². The summed E-state index contributed by atoms with van der Waals surface area (Å²) in [5.74, 6) is -0.389. The fourth-order valence-electron chi connectivity index (χ4n) is 2.13. The smallest absolute Gasteiger partial charge is 0.340 e. The maximum absolute atomic E-state index is 11.1. The summed E-state index contributed by atoms with van der Waals surface area (Å²) in [6.07, 6.45) is 5.15. The Morgan fingerprint density at radius 2 is 1.33 bits per heavy atom. The lowest BCUT2D eigenvalue weighted by Crippen LogP contribution is -2.09. The molecule has 0 saturated carbocycles. The highest BCUT2D eigenvalue weighted by atomic mass is 31.2. The third kappa shape index (κ3) is 11.1. The summed E-state index contributed by atoms with van der Waals surface area (Å²) in [4.78, 5) is 47.1. The van der Waals surface area contributed by atoms with E-state index in [0.29, 0.717) is 25.0 Å². The van der Waals surface area contributed by atoms with E-state index in [1.54, 1.807) is 6.92 Å². The lowest BCUT2D eigenvalue weighted by Gasteiger charge is -2.19. The molecule has 0 radical (unpaired) electrons. The number of carbonyl (C=O) groups is 1. The molecule has 0 fully saturated rings. The minimum Gasteiger partial charge on any atom is -0.462 e. The number of hydrogen-bond donors (Lipinski definition) is 4. The Labute approximate surface area is 142 Å². The van der Waals surface area contributed by atoms with Gasteiger partial charge in [0.15, 0.2) is 5.40 Å². The molecule has 0 unspecified atom stereocenters. The van der Waals surface area contributed by atoms with Crippen LogP contribution in [0, 0.1) is 0 Å². The van der Waals surface area contributed by atoms with Gasteiger partial charge in [0.2, 0.25) is 0 Å². The number of rotatable bonds is 13. The number of hydrogen-bond acceptors (Lipinski definition) is 4. The number of carbonyl (C=O) groups excluding carboxylic acids is 1. The van der Waals surface area contributed by atoms with Crippen LogP contribution in [0.2, 0.25) is 0 Å². The SMILES string of the molecule is C=C(C)C(=O)OCCCCCCCCCC(P(=O)(O)O)P(=O)(O)O. The molecule has 8 nitrogen and oxygen atoms in total. The second-order valence-corrected chi connectivity index (χ2v) is 9.85. The van der Waals surface area contributed by atoms with Gasteiger partial charge in [-0.15, -0.1) is 0 Å². The second-order valence-electron chi connectivity index (χ2n) is 5.84. The Hall–Kier alpha value is -0.490. The van der Waals surface area contributed by atoms with Gasteiger partial charge in [-0.3, -0.25) is 9.13 Å². The van der Waals surface area contributed by atoms with Crippen LogP contribution in [0.5, 0.6) is 0 Å². The molecule has 10 heteroatoms. The molecule has 0 saturated heterocycles. The lowest BCUT2D eigenvalue weighted by molar-refractivity contribution is -0.139. The summed E-state index contributed by atoms with van der Waals surface area (Å²) in [6, 6.07) is 0. The topological polar surface area (TPSA) is 141 Å². The van der Waals surface area contributed by atoms with Crippen molar-refractivity contribution in [3.8, 4) is 0 Å². The van der Waals surface area contributed by atoms with Crippen molar-refractivity contribution in [3.63, 3.8) is 0 Å². The predicted molar refractivity (Wildman–Crippen MR) is 90.6 cm³/mol. The Balaban J connectivity index is 3.70. The fourth-order valence-corrected chi connectivity index (χ4v) is 4.74. The molecule has 0 aliphatic heterocycles. The van der Waals surface area contributed by atoms with Crippen molar-refractivity contribution in [2.24, 2.45) is 0 Å². The molecule has 0 rings (SSSR count). The van der Waals surface area contributed by atoms with E-state index in [4.69, 9.17) is 24.3 Å². The quantitative estimate of drug-likeness (QED) is 0.164. The maximum Gasteiger partial charge on any atom is 0.340 e. The Bertz CT molecular complexity index is 471. The average molecular weight is 386 g/mol. The highest BCUT2D eigenvalue weighted by Crippen LogP contribution is 2.61. The van der Waals surface area contributed by atoms with Gasteiger partial charge in [0.05, 0.1) is 6.61 Å². The molecular formula is C14H28O8P2. The number of esters is 1. The molecule has 24 heavy (non-hydrogen) atoms. The van der Waals surface area contributed by atoms with E-state index in [1.807, 2.05) is 0 Å². The van der Waals surface area contributed by atoms with Gasteiger partial charge < -0.3 is 24.3 Å². The number of unbranched alkanes of at least 4 members (excludes halogenated alkanes) is 6. The summed E-state index contributed by atoms with van der Waals surface area (Å²) in [5.41, 5.74) is 0.374. The predicted octanol–water partition coefficient (Wildman–Crippen LogP) is 2.91. The summed E-state index contributed by atoms with van der Waals surface area (Å²) < 4.78 is 27.1. The molecule has 4 N–H and O–H groups in total. The van der Waals surface area contributed by atoms with Crippen LogP contribution in [0.3, 0.4) is 0 Å². The van der Waals surface area contributed by atoms with Gasteiger partial charge in [-0.1, -0.05) is 45.1 Å². The van der Waals surface area contributed by atoms with Crippen LogP contribution < -0.4 is 0 Å². The zero-order chi connectivity index (χ0) is 18.8. The van der Waals surface area contributed by atoms with Crippen molar-refractivity contribution in [2.45, 2.75) is 63.7 Å². The summed E-state index contributed by atoms with van der Waals surface area (Å²) in [7, 11) is -9.59. The molecule has 0 aromatic rings. The monoisotopic (exact) mass is 386 g/mol. The van der Waals surface area contributed by atoms with Crippen LogP contribution in [-0.4, -0.2) is 37.5 Å². The first kappa shape index (κ1) is 23.5. The highest BCUT2D eigenvalue weighted by Gasteiger charge is 2.42. The first-order chi connectivity index (χ1) is 11.0. The van der Waals surface area contributed by atoms with E-state index < -0.39 is 20.6 Å². The first-order valence-electron chi connectivity index (χ1n) is 7.89. The third-order valence-electron chi connectivity index (χ3n) is 3.46. The molecule has 0 aliphatic rings. The Kier molecular flexibility index (Phi) is 11.0. The van der Waals surface area contributed by atoms with Gasteiger partial charge >= 0.3 is 21.2 Å².